The van der Waals surface area contributed by atoms with Gasteiger partial charge in [-0.3, -0.25) is 0 Å². The van der Waals surface area contributed by atoms with Crippen LogP contribution in [0.25, 0.3) is 10.8 Å². The van der Waals surface area contributed by atoms with Gasteiger partial charge >= 0.3 is 0 Å². The first-order valence-corrected chi connectivity index (χ1v) is 4.83. The highest BCUT2D eigenvalue weighted by Gasteiger charge is 1.85. The van der Waals surface area contributed by atoms with E-state index in [0.717, 1.165) is 0 Å². The second kappa shape index (κ2) is 6.69. The zero-order valence-electron chi connectivity index (χ0n) is 8.80. The average Bonchev–Trinajstić information content (AvgIpc) is 2.88. The highest BCUT2D eigenvalue weighted by Crippen LogP contribution is 2.11. The molecule has 2 nitrogen and oxygen atoms in total. The van der Waals surface area contributed by atoms with Gasteiger partial charge in [0.1, 0.15) is 0 Å². The quantitative estimate of drug-likeness (QED) is 0.630. The molecule has 0 saturated carbocycles. The van der Waals surface area contributed by atoms with E-state index in [9.17, 15) is 0 Å². The lowest BCUT2D eigenvalue weighted by atomic mass is 10.1. The van der Waals surface area contributed by atoms with Gasteiger partial charge in [-0.05, 0) is 10.8 Å². The van der Waals surface area contributed by atoms with Crippen molar-refractivity contribution in [3.63, 3.8) is 0 Å². The number of benzene rings is 2. The lowest BCUT2D eigenvalue weighted by Gasteiger charge is -1.92. The summed E-state index contributed by atoms with van der Waals surface area (Å²) in [6.45, 7) is 0. The van der Waals surface area contributed by atoms with Crippen LogP contribution in [0.3, 0.4) is 0 Å². The van der Waals surface area contributed by atoms with Gasteiger partial charge in [-0.2, -0.15) is 13.5 Å². The molecule has 3 heteroatoms. The topological polar surface area (TPSA) is 28.7 Å². The van der Waals surface area contributed by atoms with Crippen LogP contribution in [0.2, 0.25) is 0 Å². The molecule has 0 aliphatic carbocycles. The Balaban J connectivity index is 0.000000183. The second-order valence-corrected chi connectivity index (χ2v) is 3.11. The molecule has 0 unspecified atom stereocenters. The Morgan fingerprint density at radius 2 is 1.31 bits per heavy atom. The fourth-order valence-corrected chi connectivity index (χ4v) is 1.35. The van der Waals surface area contributed by atoms with Crippen molar-refractivity contribution >= 4 is 24.3 Å². The fraction of sp³-hybridized carbons (Fsp3) is 0. The number of fused-ring (bicyclic) bond motifs is 1. The SMILES string of the molecule is S.c1c[nH]cn1.c1ccc2ccccc2c1. The number of imidazole rings is 1. The predicted molar refractivity (Wildman–Crippen MR) is 72.9 cm³/mol. The highest BCUT2D eigenvalue weighted by molar-refractivity contribution is 7.59. The van der Waals surface area contributed by atoms with Gasteiger partial charge in [0.2, 0.25) is 0 Å². The third-order valence-corrected chi connectivity index (χ3v) is 2.06. The molecule has 1 N–H and O–H groups in total. The van der Waals surface area contributed by atoms with Crippen LogP contribution in [0.5, 0.6) is 0 Å². The molecule has 1 heterocycles. The smallest absolute Gasteiger partial charge is 0.0919 e. The molecule has 0 amide bonds. The van der Waals surface area contributed by atoms with Gasteiger partial charge in [0, 0.05) is 12.4 Å². The summed E-state index contributed by atoms with van der Waals surface area (Å²) in [6, 6.07) is 16.7. The van der Waals surface area contributed by atoms with E-state index < -0.39 is 0 Å². The van der Waals surface area contributed by atoms with Gasteiger partial charge in [-0.1, -0.05) is 48.5 Å². The second-order valence-electron chi connectivity index (χ2n) is 3.11. The van der Waals surface area contributed by atoms with Gasteiger partial charge in [-0.25, -0.2) is 4.98 Å². The third-order valence-electron chi connectivity index (χ3n) is 2.06. The third kappa shape index (κ3) is 3.44. The molecule has 0 atom stereocenters. The monoisotopic (exact) mass is 230 g/mol. The van der Waals surface area contributed by atoms with E-state index in [4.69, 9.17) is 0 Å². The molecular formula is C13H14N2S. The van der Waals surface area contributed by atoms with Crippen LogP contribution in [-0.4, -0.2) is 9.97 Å². The minimum atomic E-state index is 0. The molecular weight excluding hydrogens is 216 g/mol. The van der Waals surface area contributed by atoms with Gasteiger partial charge < -0.3 is 4.98 Å². The summed E-state index contributed by atoms with van der Waals surface area (Å²) in [7, 11) is 0. The Labute approximate surface area is 102 Å². The number of hydrogen-bond donors (Lipinski definition) is 1. The van der Waals surface area contributed by atoms with E-state index in [0.29, 0.717) is 0 Å². The summed E-state index contributed by atoms with van der Waals surface area (Å²) in [4.78, 5) is 6.42. The first kappa shape index (κ1) is 12.3. The first-order valence-electron chi connectivity index (χ1n) is 4.83. The van der Waals surface area contributed by atoms with E-state index in [2.05, 4.69) is 58.5 Å². The lowest BCUT2D eigenvalue weighted by molar-refractivity contribution is 1.31. The summed E-state index contributed by atoms with van der Waals surface area (Å²) < 4.78 is 0. The van der Waals surface area contributed by atoms with Crippen molar-refractivity contribution in [2.45, 2.75) is 0 Å². The summed E-state index contributed by atoms with van der Waals surface area (Å²) in [5, 5.41) is 2.62. The van der Waals surface area contributed by atoms with Crippen LogP contribution in [0.1, 0.15) is 0 Å². The van der Waals surface area contributed by atoms with Gasteiger partial charge in [0.05, 0.1) is 6.33 Å². The summed E-state index contributed by atoms with van der Waals surface area (Å²) >= 11 is 0. The molecule has 82 valence electrons. The molecule has 3 rings (SSSR count). The van der Waals surface area contributed by atoms with E-state index >= 15 is 0 Å². The Morgan fingerprint density at radius 1 is 0.812 bits per heavy atom. The maximum Gasteiger partial charge on any atom is 0.0919 e. The Bertz CT molecular complexity index is 423. The maximum absolute atomic E-state index is 3.67. The van der Waals surface area contributed by atoms with Crippen LogP contribution in [0.4, 0.5) is 0 Å². The van der Waals surface area contributed by atoms with Crippen molar-refractivity contribution in [1.29, 1.82) is 0 Å². The number of hydrogen-bond acceptors (Lipinski definition) is 1. The number of rotatable bonds is 0. The van der Waals surface area contributed by atoms with Crippen molar-refractivity contribution in [3.05, 3.63) is 67.3 Å². The van der Waals surface area contributed by atoms with Crippen molar-refractivity contribution in [2.75, 3.05) is 0 Å². The molecule has 2 aromatic carbocycles. The average molecular weight is 230 g/mol. The maximum atomic E-state index is 3.67. The highest BCUT2D eigenvalue weighted by atomic mass is 32.1. The molecule has 0 bridgehead atoms. The molecule has 0 spiro atoms. The lowest BCUT2D eigenvalue weighted by Crippen LogP contribution is -1.67. The summed E-state index contributed by atoms with van der Waals surface area (Å²) in [5.74, 6) is 0. The molecule has 0 saturated heterocycles. The van der Waals surface area contributed by atoms with Crippen molar-refractivity contribution in [1.82, 2.24) is 9.97 Å². The van der Waals surface area contributed by atoms with E-state index in [1.54, 1.807) is 18.7 Å². The zero-order chi connectivity index (χ0) is 10.3. The minimum Gasteiger partial charge on any atom is -0.351 e. The molecule has 0 aliphatic heterocycles. The van der Waals surface area contributed by atoms with E-state index in [1.165, 1.54) is 10.8 Å². The van der Waals surface area contributed by atoms with E-state index in [-0.39, 0.29) is 13.5 Å². The first-order chi connectivity index (χ1) is 7.47. The van der Waals surface area contributed by atoms with Crippen LogP contribution in [-0.2, 0) is 0 Å². The number of nitrogens with one attached hydrogen (secondary N) is 1. The Kier molecular flexibility index (Phi) is 5.16. The zero-order valence-corrected chi connectivity index (χ0v) is 9.80. The predicted octanol–water partition coefficient (Wildman–Crippen LogP) is 3.36. The van der Waals surface area contributed by atoms with E-state index in [1.807, 2.05) is 0 Å². The minimum absolute atomic E-state index is 0. The Hall–Kier alpha value is -1.74. The van der Waals surface area contributed by atoms with Crippen LogP contribution in [0.15, 0.2) is 67.3 Å². The molecule has 0 radical (unpaired) electrons. The van der Waals surface area contributed by atoms with Crippen molar-refractivity contribution in [3.8, 4) is 0 Å². The van der Waals surface area contributed by atoms with Crippen molar-refractivity contribution in [2.24, 2.45) is 0 Å². The van der Waals surface area contributed by atoms with Gasteiger partial charge in [-0.15, -0.1) is 0 Å². The Morgan fingerprint density at radius 3 is 1.56 bits per heavy atom. The largest absolute Gasteiger partial charge is 0.351 e. The number of aromatic nitrogens is 2. The van der Waals surface area contributed by atoms with Crippen molar-refractivity contribution < 1.29 is 0 Å². The molecule has 16 heavy (non-hydrogen) atoms. The van der Waals surface area contributed by atoms with Crippen LogP contribution in [0, 0.1) is 0 Å². The standard InChI is InChI=1S/C10H8.C3H4N2.H2S/c1-2-6-10-8-4-3-7-9(10)5-1;1-2-5-3-4-1;/h1-8H;1-3H,(H,4,5);1H2. The van der Waals surface area contributed by atoms with Gasteiger partial charge in [0.15, 0.2) is 0 Å². The van der Waals surface area contributed by atoms with Crippen LogP contribution >= 0.6 is 13.5 Å². The summed E-state index contributed by atoms with van der Waals surface area (Å²) in [5.41, 5.74) is 0. The van der Waals surface area contributed by atoms with Gasteiger partial charge in [0.25, 0.3) is 0 Å². The number of H-pyrrole nitrogens is 1. The summed E-state index contributed by atoms with van der Waals surface area (Å²) in [6.07, 6.45) is 5.08. The molecule has 0 fully saturated rings. The molecule has 1 aromatic heterocycles. The fourth-order valence-electron chi connectivity index (χ4n) is 1.35. The number of aromatic amines is 1. The molecule has 0 aliphatic rings. The normalized spacial score (nSPS) is 8.75. The molecule has 3 aromatic rings. The number of nitrogens with zero attached hydrogens (tertiary/aromatic N) is 1. The van der Waals surface area contributed by atoms with Crippen LogP contribution < -0.4 is 0 Å².